The van der Waals surface area contributed by atoms with E-state index in [0.29, 0.717) is 18.1 Å². The van der Waals surface area contributed by atoms with E-state index >= 15 is 0 Å². The van der Waals surface area contributed by atoms with Crippen molar-refractivity contribution in [1.29, 1.82) is 0 Å². The van der Waals surface area contributed by atoms with Gasteiger partial charge in [-0.1, -0.05) is 0 Å². The number of carbonyl (C=O) groups is 1. The van der Waals surface area contributed by atoms with Crippen molar-refractivity contribution in [3.8, 4) is 0 Å². The molecule has 1 saturated carbocycles. The molecule has 18 heavy (non-hydrogen) atoms. The van der Waals surface area contributed by atoms with E-state index in [1.165, 1.54) is 0 Å². The van der Waals surface area contributed by atoms with Crippen LogP contribution in [0, 0.1) is 11.8 Å². The molecular formula is C15H22N2O. The zero-order valence-corrected chi connectivity index (χ0v) is 11.0. The molecule has 3 heteroatoms. The minimum atomic E-state index is 0.244. The molecule has 0 bridgehead atoms. The predicted molar refractivity (Wildman–Crippen MR) is 72.0 cm³/mol. The van der Waals surface area contributed by atoms with Gasteiger partial charge in [0, 0.05) is 30.8 Å². The zero-order chi connectivity index (χ0) is 13.0. The predicted octanol–water partition coefficient (Wildman–Crippen LogP) is 2.35. The molecular weight excluding hydrogens is 224 g/mol. The fourth-order valence-electron chi connectivity index (χ4n) is 2.81. The third-order valence-corrected chi connectivity index (χ3v) is 4.10. The first-order chi connectivity index (χ1) is 8.66. The average Bonchev–Trinajstić information content (AvgIpc) is 2.40. The number of ketones is 1. The normalized spacial score (nSPS) is 25.7. The molecule has 98 valence electrons. The van der Waals surface area contributed by atoms with Crippen molar-refractivity contribution in [1.82, 2.24) is 4.98 Å². The fourth-order valence-corrected chi connectivity index (χ4v) is 2.81. The van der Waals surface area contributed by atoms with E-state index in [4.69, 9.17) is 5.73 Å². The SMILES string of the molecule is C[C@@H](N)C1CCC(C(=O)Cc2ccncc2)CC1. The van der Waals surface area contributed by atoms with Crippen LogP contribution in [0.3, 0.4) is 0 Å². The molecule has 1 aliphatic rings. The van der Waals surface area contributed by atoms with E-state index in [-0.39, 0.29) is 12.0 Å². The molecule has 0 spiro atoms. The van der Waals surface area contributed by atoms with Gasteiger partial charge in [0.15, 0.2) is 0 Å². The molecule has 2 rings (SSSR count). The third kappa shape index (κ3) is 3.39. The van der Waals surface area contributed by atoms with Crippen molar-refractivity contribution in [3.63, 3.8) is 0 Å². The second kappa shape index (κ2) is 6.10. The van der Waals surface area contributed by atoms with Gasteiger partial charge in [0.05, 0.1) is 0 Å². The number of hydrogen-bond donors (Lipinski definition) is 1. The van der Waals surface area contributed by atoms with E-state index in [1.54, 1.807) is 12.4 Å². The van der Waals surface area contributed by atoms with Gasteiger partial charge in [-0.25, -0.2) is 0 Å². The summed E-state index contributed by atoms with van der Waals surface area (Å²) < 4.78 is 0. The second-order valence-corrected chi connectivity index (χ2v) is 5.47. The Morgan fingerprint density at radius 2 is 1.94 bits per heavy atom. The Labute approximate surface area is 109 Å². The fraction of sp³-hybridized carbons (Fsp3) is 0.600. The molecule has 0 amide bonds. The summed E-state index contributed by atoms with van der Waals surface area (Å²) >= 11 is 0. The minimum Gasteiger partial charge on any atom is -0.328 e. The summed E-state index contributed by atoms with van der Waals surface area (Å²) in [5.41, 5.74) is 6.99. The van der Waals surface area contributed by atoms with Gasteiger partial charge in [0.2, 0.25) is 0 Å². The molecule has 1 heterocycles. The van der Waals surface area contributed by atoms with Gasteiger partial charge >= 0.3 is 0 Å². The number of nitrogens with two attached hydrogens (primary N) is 1. The number of Topliss-reactive ketones (excluding diaryl/α,β-unsaturated/α-hetero) is 1. The number of rotatable bonds is 4. The second-order valence-electron chi connectivity index (χ2n) is 5.47. The van der Waals surface area contributed by atoms with Crippen LogP contribution >= 0.6 is 0 Å². The molecule has 1 aliphatic carbocycles. The Bertz CT molecular complexity index is 381. The van der Waals surface area contributed by atoms with E-state index in [0.717, 1.165) is 31.2 Å². The summed E-state index contributed by atoms with van der Waals surface area (Å²) in [6.07, 6.45) is 8.27. The van der Waals surface area contributed by atoms with Gasteiger partial charge in [-0.05, 0) is 56.2 Å². The molecule has 1 fully saturated rings. The van der Waals surface area contributed by atoms with Gasteiger partial charge in [-0.3, -0.25) is 9.78 Å². The summed E-state index contributed by atoms with van der Waals surface area (Å²) in [5.74, 6) is 1.23. The summed E-state index contributed by atoms with van der Waals surface area (Å²) in [4.78, 5) is 16.2. The van der Waals surface area contributed by atoms with Crippen molar-refractivity contribution < 1.29 is 4.79 Å². The molecule has 0 aromatic carbocycles. The van der Waals surface area contributed by atoms with Crippen LogP contribution in [0.1, 0.15) is 38.2 Å². The molecule has 0 unspecified atom stereocenters. The summed E-state index contributed by atoms with van der Waals surface area (Å²) in [5, 5.41) is 0. The Hall–Kier alpha value is -1.22. The lowest BCUT2D eigenvalue weighted by Gasteiger charge is -2.29. The lowest BCUT2D eigenvalue weighted by molar-refractivity contribution is -0.123. The standard InChI is InChI=1S/C15H22N2O/c1-11(16)13-2-4-14(5-3-13)15(18)10-12-6-8-17-9-7-12/h6-9,11,13-14H,2-5,10,16H2,1H3/t11-,13?,14?/m1/s1. The number of nitrogens with zero attached hydrogens (tertiary/aromatic N) is 1. The maximum Gasteiger partial charge on any atom is 0.140 e. The van der Waals surface area contributed by atoms with Crippen LogP contribution in [0.15, 0.2) is 24.5 Å². The summed E-state index contributed by atoms with van der Waals surface area (Å²) in [7, 11) is 0. The highest BCUT2D eigenvalue weighted by atomic mass is 16.1. The lowest BCUT2D eigenvalue weighted by atomic mass is 9.77. The molecule has 0 radical (unpaired) electrons. The first kappa shape index (κ1) is 13.2. The summed E-state index contributed by atoms with van der Waals surface area (Å²) in [6, 6.07) is 4.11. The molecule has 2 N–H and O–H groups in total. The topological polar surface area (TPSA) is 56.0 Å². The first-order valence-corrected chi connectivity index (χ1v) is 6.84. The number of pyridine rings is 1. The quantitative estimate of drug-likeness (QED) is 0.887. The Balaban J connectivity index is 1.85. The van der Waals surface area contributed by atoms with E-state index in [1.807, 2.05) is 12.1 Å². The van der Waals surface area contributed by atoms with Gasteiger partial charge in [0.1, 0.15) is 5.78 Å². The summed E-state index contributed by atoms with van der Waals surface area (Å²) in [6.45, 7) is 2.07. The number of hydrogen-bond acceptors (Lipinski definition) is 3. The van der Waals surface area contributed by atoms with Crippen LogP contribution < -0.4 is 5.73 Å². The van der Waals surface area contributed by atoms with Crippen LogP contribution in [0.4, 0.5) is 0 Å². The molecule has 0 aliphatic heterocycles. The number of aromatic nitrogens is 1. The zero-order valence-electron chi connectivity index (χ0n) is 11.0. The maximum absolute atomic E-state index is 12.2. The average molecular weight is 246 g/mol. The van der Waals surface area contributed by atoms with Crippen molar-refractivity contribution in [2.24, 2.45) is 17.6 Å². The molecule has 1 atom stereocenters. The van der Waals surface area contributed by atoms with Crippen molar-refractivity contribution in [2.75, 3.05) is 0 Å². The van der Waals surface area contributed by atoms with Gasteiger partial charge in [-0.15, -0.1) is 0 Å². The van der Waals surface area contributed by atoms with Crippen molar-refractivity contribution in [2.45, 2.75) is 45.1 Å². The van der Waals surface area contributed by atoms with E-state index in [9.17, 15) is 4.79 Å². The van der Waals surface area contributed by atoms with Crippen LogP contribution in [0.25, 0.3) is 0 Å². The first-order valence-electron chi connectivity index (χ1n) is 6.84. The Morgan fingerprint density at radius 3 is 2.50 bits per heavy atom. The van der Waals surface area contributed by atoms with Crippen LogP contribution in [0.5, 0.6) is 0 Å². The van der Waals surface area contributed by atoms with Gasteiger partial charge in [-0.2, -0.15) is 0 Å². The van der Waals surface area contributed by atoms with Crippen molar-refractivity contribution >= 4 is 5.78 Å². The third-order valence-electron chi connectivity index (χ3n) is 4.10. The van der Waals surface area contributed by atoms with E-state index < -0.39 is 0 Å². The lowest BCUT2D eigenvalue weighted by Crippen LogP contribution is -2.32. The van der Waals surface area contributed by atoms with E-state index in [2.05, 4.69) is 11.9 Å². The number of carbonyl (C=O) groups excluding carboxylic acids is 1. The molecule has 1 aromatic rings. The Kier molecular flexibility index (Phi) is 4.48. The van der Waals surface area contributed by atoms with Crippen LogP contribution in [0.2, 0.25) is 0 Å². The van der Waals surface area contributed by atoms with Gasteiger partial charge in [0.25, 0.3) is 0 Å². The van der Waals surface area contributed by atoms with Crippen molar-refractivity contribution in [3.05, 3.63) is 30.1 Å². The monoisotopic (exact) mass is 246 g/mol. The molecule has 1 aromatic heterocycles. The Morgan fingerprint density at radius 1 is 1.33 bits per heavy atom. The van der Waals surface area contributed by atoms with Gasteiger partial charge < -0.3 is 5.73 Å². The highest BCUT2D eigenvalue weighted by molar-refractivity contribution is 5.83. The van der Waals surface area contributed by atoms with Crippen LogP contribution in [-0.4, -0.2) is 16.8 Å². The van der Waals surface area contributed by atoms with Crippen LogP contribution in [-0.2, 0) is 11.2 Å². The highest BCUT2D eigenvalue weighted by Gasteiger charge is 2.27. The largest absolute Gasteiger partial charge is 0.328 e. The maximum atomic E-state index is 12.2. The smallest absolute Gasteiger partial charge is 0.140 e. The highest BCUT2D eigenvalue weighted by Crippen LogP contribution is 2.31. The molecule has 3 nitrogen and oxygen atoms in total. The minimum absolute atomic E-state index is 0.244. The molecule has 0 saturated heterocycles.